The van der Waals surface area contributed by atoms with E-state index in [-0.39, 0.29) is 16.0 Å². The molecule has 3 aromatic rings. The van der Waals surface area contributed by atoms with Crippen molar-refractivity contribution in [3.8, 4) is 11.1 Å². The highest BCUT2D eigenvalue weighted by atomic mass is 32.2. The van der Waals surface area contributed by atoms with Gasteiger partial charge in [-0.2, -0.15) is 0 Å². The highest BCUT2D eigenvalue weighted by Crippen LogP contribution is 2.33. The normalized spacial score (nSPS) is 11.1. The van der Waals surface area contributed by atoms with Gasteiger partial charge in [-0.05, 0) is 50.6 Å². The summed E-state index contributed by atoms with van der Waals surface area (Å²) in [4.78, 5) is 29.5. The predicted octanol–water partition coefficient (Wildman–Crippen LogP) is 4.05. The summed E-state index contributed by atoms with van der Waals surface area (Å²) < 4.78 is 37.7. The van der Waals surface area contributed by atoms with E-state index < -0.39 is 22.0 Å². The molecule has 8 nitrogen and oxygen atoms in total. The smallest absolute Gasteiger partial charge is 0.340 e. The van der Waals surface area contributed by atoms with Gasteiger partial charge in [-0.1, -0.05) is 29.8 Å². The molecule has 33 heavy (non-hydrogen) atoms. The van der Waals surface area contributed by atoms with E-state index in [0.717, 1.165) is 5.56 Å². The first-order chi connectivity index (χ1) is 15.6. The fraction of sp³-hybridized carbons (Fsp3) is 0.208. The van der Waals surface area contributed by atoms with Crippen LogP contribution in [0.4, 0.5) is 5.69 Å². The van der Waals surface area contributed by atoms with E-state index >= 15 is 0 Å². The summed E-state index contributed by atoms with van der Waals surface area (Å²) in [6.07, 6.45) is 0. The lowest BCUT2D eigenvalue weighted by atomic mass is 9.92. The van der Waals surface area contributed by atoms with Crippen molar-refractivity contribution in [2.24, 2.45) is 0 Å². The molecule has 0 amide bonds. The molecule has 2 aromatic carbocycles. The topological polar surface area (TPSA) is 112 Å². The summed E-state index contributed by atoms with van der Waals surface area (Å²) in [5.74, 6) is -1.30. The molecule has 0 atom stereocenters. The molecule has 0 aliphatic heterocycles. The van der Waals surface area contributed by atoms with Gasteiger partial charge in [0.25, 0.3) is 10.0 Å². The zero-order valence-electron chi connectivity index (χ0n) is 18.9. The van der Waals surface area contributed by atoms with Crippen LogP contribution in [0.5, 0.6) is 0 Å². The Morgan fingerprint density at radius 3 is 1.73 bits per heavy atom. The molecule has 1 N–H and O–H groups in total. The summed E-state index contributed by atoms with van der Waals surface area (Å²) in [6.45, 7) is 5.16. The van der Waals surface area contributed by atoms with Crippen molar-refractivity contribution >= 4 is 27.6 Å². The number of esters is 2. The molecule has 0 aliphatic rings. The van der Waals surface area contributed by atoms with Gasteiger partial charge < -0.3 is 9.47 Å². The van der Waals surface area contributed by atoms with Gasteiger partial charge in [-0.3, -0.25) is 9.71 Å². The second-order valence-electron chi connectivity index (χ2n) is 7.39. The number of benzene rings is 2. The molecular formula is C24H24N2O6S. The summed E-state index contributed by atoms with van der Waals surface area (Å²) in [6, 6.07) is 12.8. The van der Waals surface area contributed by atoms with E-state index in [9.17, 15) is 18.0 Å². The van der Waals surface area contributed by atoms with E-state index in [1.165, 1.54) is 26.4 Å². The fourth-order valence-electron chi connectivity index (χ4n) is 3.48. The second kappa shape index (κ2) is 9.41. The fourth-order valence-corrected chi connectivity index (χ4v) is 4.54. The third kappa shape index (κ3) is 4.88. The predicted molar refractivity (Wildman–Crippen MR) is 124 cm³/mol. The SMILES string of the molecule is COC(=O)c1c(C)nc(C)c(C(=O)OC)c1-c1ccc(NS(=O)(=O)c2ccc(C)cc2)cc1. The summed E-state index contributed by atoms with van der Waals surface area (Å²) in [5.41, 5.74) is 3.14. The maximum Gasteiger partial charge on any atom is 0.340 e. The van der Waals surface area contributed by atoms with Crippen LogP contribution in [0.2, 0.25) is 0 Å². The first-order valence-electron chi connectivity index (χ1n) is 9.96. The number of carbonyl (C=O) groups excluding carboxylic acids is 2. The van der Waals surface area contributed by atoms with Crippen LogP contribution in [0.3, 0.4) is 0 Å². The number of ether oxygens (including phenoxy) is 2. The van der Waals surface area contributed by atoms with Crippen LogP contribution in [0.15, 0.2) is 53.4 Å². The molecule has 0 bridgehead atoms. The third-order valence-corrected chi connectivity index (χ3v) is 6.49. The zero-order valence-corrected chi connectivity index (χ0v) is 19.7. The van der Waals surface area contributed by atoms with Crippen molar-refractivity contribution in [1.82, 2.24) is 4.98 Å². The molecule has 3 rings (SSSR count). The maximum atomic E-state index is 12.7. The largest absolute Gasteiger partial charge is 0.465 e. The number of nitrogens with one attached hydrogen (secondary N) is 1. The molecular weight excluding hydrogens is 444 g/mol. The Hall–Kier alpha value is -3.72. The molecule has 0 radical (unpaired) electrons. The number of carbonyl (C=O) groups is 2. The minimum absolute atomic E-state index is 0.136. The molecule has 0 fully saturated rings. The van der Waals surface area contributed by atoms with Gasteiger partial charge in [-0.15, -0.1) is 0 Å². The van der Waals surface area contributed by atoms with Crippen LogP contribution >= 0.6 is 0 Å². The minimum Gasteiger partial charge on any atom is -0.465 e. The highest BCUT2D eigenvalue weighted by molar-refractivity contribution is 7.92. The van der Waals surface area contributed by atoms with Gasteiger partial charge in [0.2, 0.25) is 0 Å². The van der Waals surface area contributed by atoms with Crippen molar-refractivity contribution in [2.75, 3.05) is 18.9 Å². The number of anilines is 1. The Kier molecular flexibility index (Phi) is 6.83. The average Bonchev–Trinajstić information content (AvgIpc) is 2.78. The Morgan fingerprint density at radius 1 is 0.788 bits per heavy atom. The standard InChI is InChI=1S/C24H24N2O6S/c1-14-6-12-19(13-7-14)33(29,30)26-18-10-8-17(9-11-18)22-20(23(27)31-4)15(2)25-16(3)21(22)24(28)32-5/h6-13,26H,1-5H3. The van der Waals surface area contributed by atoms with Crippen LogP contribution in [0.25, 0.3) is 11.1 Å². The minimum atomic E-state index is -3.78. The van der Waals surface area contributed by atoms with Crippen LogP contribution in [-0.4, -0.2) is 39.6 Å². The van der Waals surface area contributed by atoms with E-state index in [1.54, 1.807) is 50.2 Å². The van der Waals surface area contributed by atoms with Crippen LogP contribution in [-0.2, 0) is 19.5 Å². The highest BCUT2D eigenvalue weighted by Gasteiger charge is 2.27. The lowest BCUT2D eigenvalue weighted by Crippen LogP contribution is -2.16. The summed E-state index contributed by atoms with van der Waals surface area (Å²) >= 11 is 0. The second-order valence-corrected chi connectivity index (χ2v) is 9.07. The van der Waals surface area contributed by atoms with Gasteiger partial charge in [-0.25, -0.2) is 18.0 Å². The van der Waals surface area contributed by atoms with E-state index in [2.05, 4.69) is 9.71 Å². The van der Waals surface area contributed by atoms with Crippen molar-refractivity contribution in [3.63, 3.8) is 0 Å². The first-order valence-corrected chi connectivity index (χ1v) is 11.4. The zero-order chi connectivity index (χ0) is 24.3. The quantitative estimate of drug-likeness (QED) is 0.543. The number of pyridine rings is 1. The maximum absolute atomic E-state index is 12.7. The molecule has 172 valence electrons. The van der Waals surface area contributed by atoms with Gasteiger partial charge in [0.15, 0.2) is 0 Å². The number of sulfonamides is 1. The molecule has 0 spiro atoms. The van der Waals surface area contributed by atoms with Gasteiger partial charge >= 0.3 is 11.9 Å². The summed E-state index contributed by atoms with van der Waals surface area (Å²) in [7, 11) is -1.30. The monoisotopic (exact) mass is 468 g/mol. The van der Waals surface area contributed by atoms with Gasteiger partial charge in [0, 0.05) is 11.3 Å². The number of nitrogens with zero attached hydrogens (tertiary/aromatic N) is 1. The number of hydrogen-bond acceptors (Lipinski definition) is 7. The van der Waals surface area contributed by atoms with Crippen molar-refractivity contribution in [3.05, 3.63) is 76.6 Å². The number of methoxy groups -OCH3 is 2. The molecule has 1 aromatic heterocycles. The molecule has 9 heteroatoms. The molecule has 1 heterocycles. The van der Waals surface area contributed by atoms with Gasteiger partial charge in [0.05, 0.1) is 41.6 Å². The number of aryl methyl sites for hydroxylation is 3. The van der Waals surface area contributed by atoms with E-state index in [4.69, 9.17) is 9.47 Å². The molecule has 0 aliphatic carbocycles. The number of hydrogen-bond donors (Lipinski definition) is 1. The average molecular weight is 469 g/mol. The van der Waals surface area contributed by atoms with Crippen LogP contribution < -0.4 is 4.72 Å². The lowest BCUT2D eigenvalue weighted by Gasteiger charge is -2.17. The number of aromatic nitrogens is 1. The molecule has 0 unspecified atom stereocenters. The Bertz CT molecular complexity index is 1270. The van der Waals surface area contributed by atoms with Crippen molar-refractivity contribution in [1.29, 1.82) is 0 Å². The van der Waals surface area contributed by atoms with E-state index in [1.807, 2.05) is 6.92 Å². The van der Waals surface area contributed by atoms with Crippen molar-refractivity contribution < 1.29 is 27.5 Å². The first kappa shape index (κ1) is 23.9. The summed E-state index contributed by atoms with van der Waals surface area (Å²) in [5, 5.41) is 0. The molecule has 0 saturated heterocycles. The van der Waals surface area contributed by atoms with Gasteiger partial charge in [0.1, 0.15) is 0 Å². The lowest BCUT2D eigenvalue weighted by molar-refractivity contribution is 0.0599. The molecule has 0 saturated carbocycles. The third-order valence-electron chi connectivity index (χ3n) is 5.10. The van der Waals surface area contributed by atoms with Crippen LogP contribution in [0.1, 0.15) is 37.7 Å². The Morgan fingerprint density at radius 2 is 1.27 bits per heavy atom. The Labute approximate surface area is 192 Å². The number of rotatable bonds is 6. The van der Waals surface area contributed by atoms with E-state index in [0.29, 0.717) is 28.2 Å². The Balaban J connectivity index is 2.08. The van der Waals surface area contributed by atoms with Crippen molar-refractivity contribution in [2.45, 2.75) is 25.7 Å². The van der Waals surface area contributed by atoms with Crippen LogP contribution in [0, 0.1) is 20.8 Å².